The Kier molecular flexibility index (Phi) is 4.93. The zero-order valence-electron chi connectivity index (χ0n) is 14.7. The number of hydrogen-bond donors (Lipinski definition) is 2. The molecule has 2 heterocycles. The molecule has 2 N–H and O–H groups in total. The van der Waals surface area contributed by atoms with E-state index >= 15 is 0 Å². The number of ether oxygens (including phenoxy) is 3. The smallest absolute Gasteiger partial charge is 0.255 e. The van der Waals surface area contributed by atoms with E-state index in [-0.39, 0.29) is 24.7 Å². The Bertz CT molecular complexity index is 844. The Morgan fingerprint density at radius 1 is 0.963 bits per heavy atom. The summed E-state index contributed by atoms with van der Waals surface area (Å²) < 4.78 is 16.0. The molecule has 0 radical (unpaired) electrons. The van der Waals surface area contributed by atoms with E-state index in [4.69, 9.17) is 14.2 Å². The van der Waals surface area contributed by atoms with Gasteiger partial charge in [0.1, 0.15) is 0 Å². The molecule has 1 fully saturated rings. The number of carbonyl (C=O) groups excluding carboxylic acids is 2. The number of hydrogen-bond acceptors (Lipinski definition) is 5. The van der Waals surface area contributed by atoms with E-state index < -0.39 is 0 Å². The van der Waals surface area contributed by atoms with Gasteiger partial charge in [-0.3, -0.25) is 9.59 Å². The number of amides is 2. The van der Waals surface area contributed by atoms with Crippen molar-refractivity contribution in [2.45, 2.75) is 18.9 Å². The van der Waals surface area contributed by atoms with Gasteiger partial charge in [-0.05, 0) is 49.2 Å². The predicted molar refractivity (Wildman–Crippen MR) is 98.3 cm³/mol. The van der Waals surface area contributed by atoms with Crippen molar-refractivity contribution in [2.24, 2.45) is 0 Å². The largest absolute Gasteiger partial charge is 0.454 e. The van der Waals surface area contributed by atoms with Crippen molar-refractivity contribution in [2.75, 3.05) is 25.3 Å². The lowest BCUT2D eigenvalue weighted by Crippen LogP contribution is -2.31. The molecule has 0 aliphatic carbocycles. The third-order valence-electron chi connectivity index (χ3n) is 4.55. The van der Waals surface area contributed by atoms with Gasteiger partial charge >= 0.3 is 0 Å². The summed E-state index contributed by atoms with van der Waals surface area (Å²) in [5, 5.41) is 5.67. The van der Waals surface area contributed by atoms with Crippen molar-refractivity contribution in [1.29, 1.82) is 0 Å². The third kappa shape index (κ3) is 4.03. The molecule has 0 aromatic heterocycles. The molecule has 1 unspecified atom stereocenters. The van der Waals surface area contributed by atoms with Gasteiger partial charge in [-0.25, -0.2) is 0 Å². The number of benzene rings is 2. The molecule has 0 spiro atoms. The van der Waals surface area contributed by atoms with E-state index in [1.807, 2.05) is 0 Å². The minimum Gasteiger partial charge on any atom is -0.454 e. The lowest BCUT2D eigenvalue weighted by atomic mass is 10.1. The van der Waals surface area contributed by atoms with E-state index in [1.54, 1.807) is 42.5 Å². The van der Waals surface area contributed by atoms with Gasteiger partial charge in [0.05, 0.1) is 6.10 Å². The number of fused-ring (bicyclic) bond motifs is 1. The van der Waals surface area contributed by atoms with Crippen LogP contribution in [0.5, 0.6) is 11.5 Å². The number of carbonyl (C=O) groups is 2. The molecule has 7 heteroatoms. The fourth-order valence-corrected chi connectivity index (χ4v) is 3.06. The van der Waals surface area contributed by atoms with Crippen LogP contribution in [0.4, 0.5) is 5.69 Å². The minimum absolute atomic E-state index is 0.0979. The molecule has 4 rings (SSSR count). The number of nitrogens with one attached hydrogen (secondary N) is 2. The van der Waals surface area contributed by atoms with E-state index in [1.165, 1.54) is 0 Å². The molecule has 2 aromatic carbocycles. The summed E-state index contributed by atoms with van der Waals surface area (Å²) in [6, 6.07) is 11.7. The summed E-state index contributed by atoms with van der Waals surface area (Å²) in [6.45, 7) is 1.45. The lowest BCUT2D eigenvalue weighted by Gasteiger charge is -2.11. The van der Waals surface area contributed by atoms with Crippen molar-refractivity contribution >= 4 is 17.5 Å². The summed E-state index contributed by atoms with van der Waals surface area (Å²) >= 11 is 0. The van der Waals surface area contributed by atoms with Crippen LogP contribution in [0.25, 0.3) is 0 Å². The van der Waals surface area contributed by atoms with Gasteiger partial charge in [-0.1, -0.05) is 0 Å². The fraction of sp³-hybridized carbons (Fsp3) is 0.300. The highest BCUT2D eigenvalue weighted by Crippen LogP contribution is 2.34. The molecule has 0 saturated carbocycles. The molecular weight excluding hydrogens is 348 g/mol. The topological polar surface area (TPSA) is 85.9 Å². The normalized spacial score (nSPS) is 17.6. The molecule has 2 aliphatic rings. The molecular formula is C20H20N2O5. The summed E-state index contributed by atoms with van der Waals surface area (Å²) in [4.78, 5) is 24.6. The Morgan fingerprint density at radius 3 is 2.44 bits per heavy atom. The maximum atomic E-state index is 12.4. The van der Waals surface area contributed by atoms with Crippen LogP contribution in [0.15, 0.2) is 42.5 Å². The number of rotatable bonds is 5. The monoisotopic (exact) mass is 368 g/mol. The highest BCUT2D eigenvalue weighted by Gasteiger charge is 2.17. The first kappa shape index (κ1) is 17.4. The Labute approximate surface area is 156 Å². The Hall–Kier alpha value is -3.06. The maximum Gasteiger partial charge on any atom is 0.255 e. The molecule has 0 bridgehead atoms. The lowest BCUT2D eigenvalue weighted by molar-refractivity contribution is 0.0857. The molecule has 2 aromatic rings. The zero-order valence-corrected chi connectivity index (χ0v) is 14.7. The summed E-state index contributed by atoms with van der Waals surface area (Å²) in [7, 11) is 0. The first-order valence-corrected chi connectivity index (χ1v) is 8.90. The minimum atomic E-state index is -0.264. The second kappa shape index (κ2) is 7.67. The second-order valence-electron chi connectivity index (χ2n) is 6.44. The van der Waals surface area contributed by atoms with Gasteiger partial charge < -0.3 is 24.8 Å². The zero-order chi connectivity index (χ0) is 18.6. The van der Waals surface area contributed by atoms with Crippen molar-refractivity contribution in [3.8, 4) is 11.5 Å². The first-order valence-electron chi connectivity index (χ1n) is 8.90. The van der Waals surface area contributed by atoms with Crippen LogP contribution >= 0.6 is 0 Å². The van der Waals surface area contributed by atoms with Gasteiger partial charge in [-0.15, -0.1) is 0 Å². The van der Waals surface area contributed by atoms with Crippen LogP contribution in [-0.4, -0.2) is 37.9 Å². The molecule has 2 aliphatic heterocycles. The average Bonchev–Trinajstić information content (AvgIpc) is 3.37. The van der Waals surface area contributed by atoms with Crippen LogP contribution in [0.2, 0.25) is 0 Å². The average molecular weight is 368 g/mol. The molecule has 27 heavy (non-hydrogen) atoms. The van der Waals surface area contributed by atoms with Gasteiger partial charge in [0.2, 0.25) is 6.79 Å². The van der Waals surface area contributed by atoms with Crippen molar-refractivity contribution < 1.29 is 23.8 Å². The Balaban J connectivity index is 1.35. The van der Waals surface area contributed by atoms with E-state index in [0.717, 1.165) is 19.4 Å². The SMILES string of the molecule is O=C(NCC1CCCO1)c1ccc(C(=O)Nc2ccc3c(c2)OCO3)cc1. The van der Waals surface area contributed by atoms with Gasteiger partial charge in [0, 0.05) is 36.0 Å². The second-order valence-corrected chi connectivity index (χ2v) is 6.44. The Morgan fingerprint density at radius 2 is 1.70 bits per heavy atom. The summed E-state index contributed by atoms with van der Waals surface area (Å²) in [5.74, 6) is 0.825. The van der Waals surface area contributed by atoms with Gasteiger partial charge in [0.25, 0.3) is 11.8 Å². The van der Waals surface area contributed by atoms with Crippen molar-refractivity contribution in [3.63, 3.8) is 0 Å². The highest BCUT2D eigenvalue weighted by molar-refractivity contribution is 6.05. The standard InChI is InChI=1S/C20H20N2O5/c23-19(21-11-16-2-1-9-25-16)13-3-5-14(6-4-13)20(24)22-15-7-8-17-18(10-15)27-12-26-17/h3-8,10,16H,1-2,9,11-12H2,(H,21,23)(H,22,24). The third-order valence-corrected chi connectivity index (χ3v) is 4.55. The summed E-state index contributed by atoms with van der Waals surface area (Å²) in [6.07, 6.45) is 2.10. The van der Waals surface area contributed by atoms with Gasteiger partial charge in [0.15, 0.2) is 11.5 Å². The maximum absolute atomic E-state index is 12.4. The molecule has 140 valence electrons. The van der Waals surface area contributed by atoms with Crippen molar-refractivity contribution in [3.05, 3.63) is 53.6 Å². The quantitative estimate of drug-likeness (QED) is 0.847. The van der Waals surface area contributed by atoms with Gasteiger partial charge in [-0.2, -0.15) is 0 Å². The van der Waals surface area contributed by atoms with Crippen LogP contribution in [-0.2, 0) is 4.74 Å². The molecule has 2 amide bonds. The molecule has 7 nitrogen and oxygen atoms in total. The molecule has 1 saturated heterocycles. The summed E-state index contributed by atoms with van der Waals surface area (Å²) in [5.41, 5.74) is 1.58. The van der Waals surface area contributed by atoms with E-state index in [0.29, 0.717) is 34.9 Å². The van der Waals surface area contributed by atoms with E-state index in [2.05, 4.69) is 10.6 Å². The number of anilines is 1. The van der Waals surface area contributed by atoms with E-state index in [9.17, 15) is 9.59 Å². The van der Waals surface area contributed by atoms with Crippen LogP contribution < -0.4 is 20.1 Å². The van der Waals surface area contributed by atoms with Crippen LogP contribution in [0.1, 0.15) is 33.6 Å². The molecule has 1 atom stereocenters. The fourth-order valence-electron chi connectivity index (χ4n) is 3.06. The van der Waals surface area contributed by atoms with Crippen LogP contribution in [0, 0.1) is 0 Å². The predicted octanol–water partition coefficient (Wildman–Crippen LogP) is 2.58. The van der Waals surface area contributed by atoms with Crippen LogP contribution in [0.3, 0.4) is 0 Å². The first-order chi connectivity index (χ1) is 13.2. The highest BCUT2D eigenvalue weighted by atomic mass is 16.7. The van der Waals surface area contributed by atoms with Crippen molar-refractivity contribution in [1.82, 2.24) is 5.32 Å².